The van der Waals surface area contributed by atoms with Crippen LogP contribution in [0.3, 0.4) is 0 Å². The van der Waals surface area contributed by atoms with Crippen LogP contribution in [0.25, 0.3) is 0 Å². The van der Waals surface area contributed by atoms with Crippen LogP contribution in [-0.2, 0) is 17.4 Å². The van der Waals surface area contributed by atoms with Crippen molar-refractivity contribution in [1.82, 2.24) is 0 Å². The predicted molar refractivity (Wildman–Crippen MR) is 61.0 cm³/mol. The number of carboxylic acids is 1. The Hall–Kier alpha value is -1.98. The number of nitrogens with two attached hydrogens (primary N) is 1. The minimum absolute atomic E-state index is 0.263. The first-order valence-corrected chi connectivity index (χ1v) is 5.16. The Bertz CT molecular complexity index is 467. The van der Waals surface area contributed by atoms with E-state index in [1.807, 2.05) is 0 Å². The Morgan fingerprint density at radius 1 is 1.39 bits per heavy atom. The Kier molecular flexibility index (Phi) is 4.36. The van der Waals surface area contributed by atoms with Gasteiger partial charge in [0.1, 0.15) is 0 Å². The molecule has 0 bridgehead atoms. The highest BCUT2D eigenvalue weighted by atomic mass is 19.4. The van der Waals surface area contributed by atoms with E-state index in [0.29, 0.717) is 12.0 Å². The molecule has 0 saturated heterocycles. The molecule has 6 heteroatoms. The van der Waals surface area contributed by atoms with E-state index in [4.69, 9.17) is 10.8 Å². The monoisotopic (exact) mass is 259 g/mol. The van der Waals surface area contributed by atoms with E-state index in [1.165, 1.54) is 12.1 Å². The van der Waals surface area contributed by atoms with Crippen molar-refractivity contribution in [2.24, 2.45) is 0 Å². The number of carboxylic acid groups (broad SMARTS) is 1. The molecule has 0 aromatic heterocycles. The third-order valence-corrected chi connectivity index (χ3v) is 2.31. The lowest BCUT2D eigenvalue weighted by Gasteiger charge is -2.10. The van der Waals surface area contributed by atoms with Gasteiger partial charge < -0.3 is 10.8 Å². The van der Waals surface area contributed by atoms with Crippen LogP contribution in [0.1, 0.15) is 17.5 Å². The molecule has 1 aromatic carbocycles. The number of rotatable bonds is 4. The second kappa shape index (κ2) is 5.57. The SMILES string of the molecule is Nc1ccc(C(F)(F)F)cc1CCC=CC(=O)O. The van der Waals surface area contributed by atoms with Gasteiger partial charge in [0.2, 0.25) is 0 Å². The van der Waals surface area contributed by atoms with Gasteiger partial charge in [-0.2, -0.15) is 13.2 Å². The van der Waals surface area contributed by atoms with E-state index in [0.717, 1.165) is 18.2 Å². The molecule has 0 radical (unpaired) electrons. The summed E-state index contributed by atoms with van der Waals surface area (Å²) < 4.78 is 37.4. The van der Waals surface area contributed by atoms with Crippen molar-refractivity contribution in [1.29, 1.82) is 0 Å². The second-order valence-electron chi connectivity index (χ2n) is 3.69. The summed E-state index contributed by atoms with van der Waals surface area (Å²) in [4.78, 5) is 10.2. The largest absolute Gasteiger partial charge is 0.478 e. The number of alkyl halides is 3. The van der Waals surface area contributed by atoms with Gasteiger partial charge in [-0.25, -0.2) is 4.79 Å². The zero-order valence-electron chi connectivity index (χ0n) is 9.37. The molecule has 0 spiro atoms. The molecule has 0 aliphatic heterocycles. The molecule has 0 aliphatic rings. The zero-order valence-corrected chi connectivity index (χ0v) is 9.37. The molecule has 0 fully saturated rings. The number of anilines is 1. The van der Waals surface area contributed by atoms with Gasteiger partial charge >= 0.3 is 12.1 Å². The average Bonchev–Trinajstić information content (AvgIpc) is 2.24. The minimum Gasteiger partial charge on any atom is -0.478 e. The van der Waals surface area contributed by atoms with Gasteiger partial charge in [-0.3, -0.25) is 0 Å². The first-order valence-electron chi connectivity index (χ1n) is 5.16. The van der Waals surface area contributed by atoms with Crippen molar-refractivity contribution in [3.8, 4) is 0 Å². The molecular formula is C12H12F3NO2. The van der Waals surface area contributed by atoms with E-state index in [9.17, 15) is 18.0 Å². The van der Waals surface area contributed by atoms with Crippen molar-refractivity contribution >= 4 is 11.7 Å². The molecule has 0 unspecified atom stereocenters. The van der Waals surface area contributed by atoms with Gasteiger partial charge in [-0.05, 0) is 36.6 Å². The number of halogens is 3. The van der Waals surface area contributed by atoms with Crippen molar-refractivity contribution in [3.63, 3.8) is 0 Å². The highest BCUT2D eigenvalue weighted by molar-refractivity contribution is 5.79. The van der Waals surface area contributed by atoms with E-state index in [2.05, 4.69) is 0 Å². The lowest BCUT2D eigenvalue weighted by atomic mass is 10.0. The van der Waals surface area contributed by atoms with Crippen LogP contribution in [0.5, 0.6) is 0 Å². The summed E-state index contributed by atoms with van der Waals surface area (Å²) in [6.07, 6.45) is -1.50. The molecule has 1 rings (SSSR count). The summed E-state index contributed by atoms with van der Waals surface area (Å²) in [5.74, 6) is -1.09. The molecule has 3 N–H and O–H groups in total. The molecule has 0 heterocycles. The first-order chi connectivity index (χ1) is 8.30. The molecule has 1 aromatic rings. The number of allylic oxidation sites excluding steroid dienone is 1. The number of carbonyl (C=O) groups is 1. The normalized spacial score (nSPS) is 11.9. The summed E-state index contributed by atoms with van der Waals surface area (Å²) in [6.45, 7) is 0. The Labute approximate surface area is 102 Å². The molecule has 0 amide bonds. The quantitative estimate of drug-likeness (QED) is 0.645. The molecule has 3 nitrogen and oxygen atoms in total. The third kappa shape index (κ3) is 4.12. The fourth-order valence-corrected chi connectivity index (χ4v) is 1.42. The van der Waals surface area contributed by atoms with Crippen LogP contribution >= 0.6 is 0 Å². The lowest BCUT2D eigenvalue weighted by molar-refractivity contribution is -0.137. The number of hydrogen-bond donors (Lipinski definition) is 2. The zero-order chi connectivity index (χ0) is 13.8. The number of nitrogen functional groups attached to an aromatic ring is 1. The van der Waals surface area contributed by atoms with Gasteiger partial charge in [0.15, 0.2) is 0 Å². The van der Waals surface area contributed by atoms with Crippen molar-refractivity contribution in [2.45, 2.75) is 19.0 Å². The van der Waals surface area contributed by atoms with Crippen LogP contribution in [-0.4, -0.2) is 11.1 Å². The molecule has 18 heavy (non-hydrogen) atoms. The maximum absolute atomic E-state index is 12.5. The maximum Gasteiger partial charge on any atom is 0.416 e. The number of benzene rings is 1. The van der Waals surface area contributed by atoms with Gasteiger partial charge in [-0.1, -0.05) is 6.08 Å². The highest BCUT2D eigenvalue weighted by Crippen LogP contribution is 2.31. The maximum atomic E-state index is 12.5. The van der Waals surface area contributed by atoms with E-state index in [1.54, 1.807) is 0 Å². The van der Waals surface area contributed by atoms with Gasteiger partial charge in [-0.15, -0.1) is 0 Å². The topological polar surface area (TPSA) is 63.3 Å². The van der Waals surface area contributed by atoms with Crippen molar-refractivity contribution in [3.05, 3.63) is 41.5 Å². The fourth-order valence-electron chi connectivity index (χ4n) is 1.42. The molecule has 98 valence electrons. The summed E-state index contributed by atoms with van der Waals surface area (Å²) >= 11 is 0. The van der Waals surface area contributed by atoms with E-state index in [-0.39, 0.29) is 12.1 Å². The molecule has 0 saturated carbocycles. The minimum atomic E-state index is -4.40. The highest BCUT2D eigenvalue weighted by Gasteiger charge is 2.30. The average molecular weight is 259 g/mol. The van der Waals surface area contributed by atoms with Crippen LogP contribution in [0.15, 0.2) is 30.4 Å². The Balaban J connectivity index is 2.79. The predicted octanol–water partition coefficient (Wildman–Crippen LogP) is 2.86. The number of hydrogen-bond acceptors (Lipinski definition) is 2. The number of aryl methyl sites for hydroxylation is 1. The van der Waals surface area contributed by atoms with Gasteiger partial charge in [0.05, 0.1) is 5.56 Å². The van der Waals surface area contributed by atoms with Gasteiger partial charge in [0, 0.05) is 11.8 Å². The third-order valence-electron chi connectivity index (χ3n) is 2.31. The second-order valence-corrected chi connectivity index (χ2v) is 3.69. The summed E-state index contributed by atoms with van der Waals surface area (Å²) in [5, 5.41) is 8.36. The standard InChI is InChI=1S/C12H12F3NO2/c13-12(14,15)9-5-6-10(16)8(7-9)3-1-2-4-11(17)18/h2,4-7H,1,3,16H2,(H,17,18). The van der Waals surface area contributed by atoms with Crippen molar-refractivity contribution in [2.75, 3.05) is 5.73 Å². The Morgan fingerprint density at radius 3 is 2.61 bits per heavy atom. The van der Waals surface area contributed by atoms with E-state index < -0.39 is 17.7 Å². The molecular weight excluding hydrogens is 247 g/mol. The molecule has 0 aliphatic carbocycles. The first kappa shape index (κ1) is 14.1. The van der Waals surface area contributed by atoms with Crippen molar-refractivity contribution < 1.29 is 23.1 Å². The summed E-state index contributed by atoms with van der Waals surface area (Å²) in [5.41, 5.74) is 5.44. The number of aliphatic carboxylic acids is 1. The molecule has 0 atom stereocenters. The van der Waals surface area contributed by atoms with Crippen LogP contribution in [0, 0.1) is 0 Å². The van der Waals surface area contributed by atoms with Crippen LogP contribution in [0.4, 0.5) is 18.9 Å². The summed E-state index contributed by atoms with van der Waals surface area (Å²) in [6, 6.07) is 3.12. The lowest BCUT2D eigenvalue weighted by Crippen LogP contribution is -2.06. The van der Waals surface area contributed by atoms with E-state index >= 15 is 0 Å². The van der Waals surface area contributed by atoms with Gasteiger partial charge in [0.25, 0.3) is 0 Å². The van der Waals surface area contributed by atoms with Crippen LogP contribution < -0.4 is 5.73 Å². The van der Waals surface area contributed by atoms with Crippen LogP contribution in [0.2, 0.25) is 0 Å². The smallest absolute Gasteiger partial charge is 0.416 e. The Morgan fingerprint density at radius 2 is 2.06 bits per heavy atom. The fraction of sp³-hybridized carbons (Fsp3) is 0.250. The summed E-state index contributed by atoms with van der Waals surface area (Å²) in [7, 11) is 0.